The molecular formula is C27H28N2S. The normalized spacial score (nSPS) is 22.8. The van der Waals surface area contributed by atoms with Gasteiger partial charge in [0.05, 0.1) is 5.52 Å². The predicted octanol–water partition coefficient (Wildman–Crippen LogP) is 7.24. The van der Waals surface area contributed by atoms with E-state index in [0.717, 1.165) is 11.6 Å². The Bertz CT molecular complexity index is 1170. The minimum atomic E-state index is 0.703. The van der Waals surface area contributed by atoms with Crippen molar-refractivity contribution in [2.24, 2.45) is 0 Å². The molecule has 0 radical (unpaired) electrons. The van der Waals surface area contributed by atoms with Crippen LogP contribution in [-0.2, 0) is 0 Å². The highest BCUT2D eigenvalue weighted by molar-refractivity contribution is 7.17. The molecule has 2 saturated heterocycles. The largest absolute Gasteiger partial charge is 0.300 e. The van der Waals surface area contributed by atoms with Crippen molar-refractivity contribution in [1.29, 1.82) is 0 Å². The van der Waals surface area contributed by atoms with E-state index < -0.39 is 0 Å². The summed E-state index contributed by atoms with van der Waals surface area (Å²) in [5, 5.41) is 5.17. The second-order valence-corrected chi connectivity index (χ2v) is 9.94. The zero-order valence-electron chi connectivity index (χ0n) is 17.4. The molecule has 2 atom stereocenters. The first-order valence-electron chi connectivity index (χ1n) is 11.5. The third-order valence-corrected chi connectivity index (χ3v) is 8.35. The van der Waals surface area contributed by atoms with Gasteiger partial charge in [-0.15, -0.1) is 11.3 Å². The molecule has 2 unspecified atom stereocenters. The van der Waals surface area contributed by atoms with Crippen LogP contribution in [0, 0.1) is 0 Å². The monoisotopic (exact) mass is 412 g/mol. The van der Waals surface area contributed by atoms with E-state index >= 15 is 0 Å². The van der Waals surface area contributed by atoms with Crippen molar-refractivity contribution < 1.29 is 0 Å². The summed E-state index contributed by atoms with van der Waals surface area (Å²) in [4.78, 5) is 7.34. The first-order valence-corrected chi connectivity index (χ1v) is 12.3. The molecule has 6 rings (SSSR count). The molecule has 3 heteroatoms. The number of hydrogen-bond donors (Lipinski definition) is 0. The van der Waals surface area contributed by atoms with Gasteiger partial charge in [0, 0.05) is 22.3 Å². The smallest absolute Gasteiger partial charge is 0.0708 e. The third kappa shape index (κ3) is 3.25. The molecule has 30 heavy (non-hydrogen) atoms. The van der Waals surface area contributed by atoms with E-state index in [9.17, 15) is 0 Å². The maximum Gasteiger partial charge on any atom is 0.0708 e. The van der Waals surface area contributed by atoms with Gasteiger partial charge in [-0.25, -0.2) is 0 Å². The Morgan fingerprint density at radius 1 is 0.867 bits per heavy atom. The van der Waals surface area contributed by atoms with Crippen molar-refractivity contribution in [3.8, 4) is 11.1 Å². The van der Waals surface area contributed by atoms with Crippen molar-refractivity contribution in [3.63, 3.8) is 0 Å². The first kappa shape index (κ1) is 18.5. The van der Waals surface area contributed by atoms with Crippen LogP contribution < -0.4 is 0 Å². The molecule has 0 amide bonds. The summed E-state index contributed by atoms with van der Waals surface area (Å²) in [7, 11) is 0. The number of rotatable bonds is 2. The topological polar surface area (TPSA) is 16.1 Å². The maximum atomic E-state index is 4.55. The molecule has 2 nitrogen and oxygen atoms in total. The van der Waals surface area contributed by atoms with E-state index in [1.54, 1.807) is 5.56 Å². The van der Waals surface area contributed by atoms with E-state index in [4.69, 9.17) is 0 Å². The van der Waals surface area contributed by atoms with Crippen molar-refractivity contribution in [1.82, 2.24) is 9.88 Å². The van der Waals surface area contributed by atoms with Crippen LogP contribution in [0.1, 0.15) is 50.0 Å². The first-order chi connectivity index (χ1) is 14.9. The Labute approximate surface area is 182 Å². The SMILES string of the molecule is c1ccc2c(-c3ccc4scc(C5CCC6CCCCN6CC5)c4c3)ccnc2c1. The van der Waals surface area contributed by atoms with Gasteiger partial charge in [0.15, 0.2) is 0 Å². The number of pyridine rings is 1. The van der Waals surface area contributed by atoms with Crippen LogP contribution in [0.5, 0.6) is 0 Å². The lowest BCUT2D eigenvalue weighted by molar-refractivity contribution is 0.151. The molecular weight excluding hydrogens is 384 g/mol. The Morgan fingerprint density at radius 3 is 2.83 bits per heavy atom. The molecule has 0 spiro atoms. The maximum absolute atomic E-state index is 4.55. The Balaban J connectivity index is 1.38. The van der Waals surface area contributed by atoms with Crippen LogP contribution in [0.25, 0.3) is 32.1 Å². The number of nitrogens with zero attached hydrogens (tertiary/aromatic N) is 2. The number of aromatic nitrogens is 1. The predicted molar refractivity (Wildman–Crippen MR) is 128 cm³/mol. The number of para-hydroxylation sites is 1. The molecule has 2 aliphatic heterocycles. The van der Waals surface area contributed by atoms with Gasteiger partial charge in [0.2, 0.25) is 0 Å². The highest BCUT2D eigenvalue weighted by atomic mass is 32.1. The quantitative estimate of drug-likeness (QED) is 0.345. The molecule has 4 heterocycles. The van der Waals surface area contributed by atoms with E-state index in [2.05, 4.69) is 63.8 Å². The number of hydrogen-bond acceptors (Lipinski definition) is 3. The fraction of sp³-hybridized carbons (Fsp3) is 0.370. The summed E-state index contributed by atoms with van der Waals surface area (Å²) in [6, 6.07) is 18.5. The van der Waals surface area contributed by atoms with Crippen LogP contribution in [0.2, 0.25) is 0 Å². The minimum absolute atomic E-state index is 0.703. The third-order valence-electron chi connectivity index (χ3n) is 7.37. The van der Waals surface area contributed by atoms with Crippen LogP contribution in [0.3, 0.4) is 0 Å². The number of thiophene rings is 1. The molecule has 4 aromatic rings. The molecule has 2 aromatic carbocycles. The summed E-state index contributed by atoms with van der Waals surface area (Å²) in [6.45, 7) is 2.60. The Kier molecular flexibility index (Phi) is 4.81. The second kappa shape index (κ2) is 7.79. The molecule has 2 aromatic heterocycles. The lowest BCUT2D eigenvalue weighted by atomic mass is 9.89. The summed E-state index contributed by atoms with van der Waals surface area (Å²) in [5.41, 5.74) is 5.26. The van der Waals surface area contributed by atoms with E-state index in [0.29, 0.717) is 5.92 Å². The van der Waals surface area contributed by atoms with Crippen molar-refractivity contribution in [2.45, 2.75) is 50.5 Å². The van der Waals surface area contributed by atoms with Gasteiger partial charge in [0.1, 0.15) is 0 Å². The average Bonchev–Trinajstić information content (AvgIpc) is 3.10. The highest BCUT2D eigenvalue weighted by Gasteiger charge is 2.28. The van der Waals surface area contributed by atoms with Gasteiger partial charge in [-0.3, -0.25) is 4.98 Å². The van der Waals surface area contributed by atoms with E-state index in [1.165, 1.54) is 78.2 Å². The zero-order chi connectivity index (χ0) is 19.9. The molecule has 0 aliphatic carbocycles. The molecule has 2 aliphatic rings. The van der Waals surface area contributed by atoms with E-state index in [1.807, 2.05) is 17.5 Å². The highest BCUT2D eigenvalue weighted by Crippen LogP contribution is 2.41. The van der Waals surface area contributed by atoms with Crippen LogP contribution in [-0.4, -0.2) is 29.0 Å². The number of fused-ring (bicyclic) bond motifs is 3. The molecule has 152 valence electrons. The molecule has 2 fully saturated rings. The van der Waals surface area contributed by atoms with Crippen molar-refractivity contribution in [2.75, 3.05) is 13.1 Å². The summed E-state index contributed by atoms with van der Waals surface area (Å²) in [6.07, 6.45) is 10.2. The molecule has 0 bridgehead atoms. The second-order valence-electron chi connectivity index (χ2n) is 9.03. The van der Waals surface area contributed by atoms with Gasteiger partial charge in [-0.2, -0.15) is 0 Å². The van der Waals surface area contributed by atoms with Crippen LogP contribution in [0.4, 0.5) is 0 Å². The lowest BCUT2D eigenvalue weighted by Gasteiger charge is -2.33. The standard InChI is InChI=1S/C27H28N2S/c1-2-7-26-23(6-1)22(12-14-28-26)20-9-11-27-24(17-20)25(18-30-27)19-8-10-21-5-3-4-15-29(21)16-13-19/h1-2,6-7,9,11-12,14,17-19,21H,3-5,8,10,13,15-16H2. The van der Waals surface area contributed by atoms with Gasteiger partial charge in [-0.1, -0.05) is 30.7 Å². The van der Waals surface area contributed by atoms with Gasteiger partial charge >= 0.3 is 0 Å². The lowest BCUT2D eigenvalue weighted by Crippen LogP contribution is -2.38. The minimum Gasteiger partial charge on any atom is -0.300 e. The van der Waals surface area contributed by atoms with Crippen LogP contribution in [0.15, 0.2) is 60.1 Å². The average molecular weight is 413 g/mol. The van der Waals surface area contributed by atoms with Gasteiger partial charge in [0.25, 0.3) is 0 Å². The van der Waals surface area contributed by atoms with Crippen molar-refractivity contribution >= 4 is 32.3 Å². The van der Waals surface area contributed by atoms with Crippen LogP contribution >= 0.6 is 11.3 Å². The summed E-state index contributed by atoms with van der Waals surface area (Å²) < 4.78 is 1.43. The van der Waals surface area contributed by atoms with E-state index in [-0.39, 0.29) is 0 Å². The van der Waals surface area contributed by atoms with Crippen molar-refractivity contribution in [3.05, 3.63) is 65.7 Å². The van der Waals surface area contributed by atoms with Gasteiger partial charge < -0.3 is 4.90 Å². The van der Waals surface area contributed by atoms with Gasteiger partial charge in [-0.05, 0) is 103 Å². The fourth-order valence-corrected chi connectivity index (χ4v) is 6.76. The summed E-state index contributed by atoms with van der Waals surface area (Å²) >= 11 is 1.92. The fourth-order valence-electron chi connectivity index (χ4n) is 5.73. The summed E-state index contributed by atoms with van der Waals surface area (Å²) in [5.74, 6) is 0.703. The number of piperidine rings is 1. The Morgan fingerprint density at radius 2 is 1.83 bits per heavy atom. The zero-order valence-corrected chi connectivity index (χ0v) is 18.2. The molecule has 0 saturated carbocycles. The Hall–Kier alpha value is -2.23. The molecule has 0 N–H and O–H groups in total. The number of benzene rings is 2.